The van der Waals surface area contributed by atoms with Crippen molar-refractivity contribution in [1.29, 1.82) is 0 Å². The van der Waals surface area contributed by atoms with Gasteiger partial charge < -0.3 is 21.1 Å². The van der Waals surface area contributed by atoms with Crippen LogP contribution in [0.2, 0.25) is 0 Å². The predicted molar refractivity (Wildman–Crippen MR) is 92.8 cm³/mol. The standard InChI is InChI=1S/C18H39NO3/c1-2-3-4-5-6-7-8-9-10-11-12-13-14-17(21)18(22)16(19)15-20/h16-18,20-22H,2-15,19H2,1H3/t16?,17-,18+/m1/s1. The van der Waals surface area contributed by atoms with Crippen LogP contribution < -0.4 is 5.73 Å². The molecule has 0 saturated heterocycles. The quantitative estimate of drug-likeness (QED) is 0.329. The van der Waals surface area contributed by atoms with Gasteiger partial charge in [0.25, 0.3) is 0 Å². The fourth-order valence-electron chi connectivity index (χ4n) is 2.76. The molecular weight excluding hydrogens is 278 g/mol. The van der Waals surface area contributed by atoms with Gasteiger partial charge in [-0.3, -0.25) is 0 Å². The molecule has 0 aliphatic rings. The molecule has 5 N–H and O–H groups in total. The molecule has 0 fully saturated rings. The second kappa shape index (κ2) is 15.7. The van der Waals surface area contributed by atoms with Crippen LogP contribution in [0.3, 0.4) is 0 Å². The van der Waals surface area contributed by atoms with E-state index in [-0.39, 0.29) is 6.61 Å². The van der Waals surface area contributed by atoms with Gasteiger partial charge in [-0.05, 0) is 6.42 Å². The topological polar surface area (TPSA) is 86.7 Å². The monoisotopic (exact) mass is 317 g/mol. The van der Waals surface area contributed by atoms with E-state index in [0.29, 0.717) is 6.42 Å². The van der Waals surface area contributed by atoms with Gasteiger partial charge in [-0.15, -0.1) is 0 Å². The number of aliphatic hydroxyl groups excluding tert-OH is 3. The molecule has 0 spiro atoms. The first kappa shape index (κ1) is 21.8. The molecule has 0 aromatic heterocycles. The van der Waals surface area contributed by atoms with Crippen LogP contribution in [0.25, 0.3) is 0 Å². The third-order valence-electron chi connectivity index (χ3n) is 4.40. The summed E-state index contributed by atoms with van der Waals surface area (Å²) in [5.41, 5.74) is 5.49. The minimum atomic E-state index is -1.02. The molecule has 134 valence electrons. The average Bonchev–Trinajstić information content (AvgIpc) is 2.54. The first-order valence-electron chi connectivity index (χ1n) is 9.36. The molecule has 22 heavy (non-hydrogen) atoms. The Morgan fingerprint density at radius 2 is 1.14 bits per heavy atom. The highest BCUT2D eigenvalue weighted by Gasteiger charge is 2.22. The first-order valence-corrected chi connectivity index (χ1v) is 9.36. The summed E-state index contributed by atoms with van der Waals surface area (Å²) in [7, 11) is 0. The maximum atomic E-state index is 9.74. The minimum absolute atomic E-state index is 0.295. The lowest BCUT2D eigenvalue weighted by Gasteiger charge is -2.22. The van der Waals surface area contributed by atoms with E-state index in [2.05, 4.69) is 6.92 Å². The van der Waals surface area contributed by atoms with Crippen LogP contribution >= 0.6 is 0 Å². The predicted octanol–water partition coefficient (Wildman–Crippen LogP) is 3.12. The second-order valence-electron chi connectivity index (χ2n) is 6.58. The Hall–Kier alpha value is -0.160. The summed E-state index contributed by atoms with van der Waals surface area (Å²) >= 11 is 0. The van der Waals surface area contributed by atoms with Crippen molar-refractivity contribution in [2.75, 3.05) is 6.61 Å². The Morgan fingerprint density at radius 3 is 1.55 bits per heavy atom. The molecule has 0 rings (SSSR count). The van der Waals surface area contributed by atoms with E-state index < -0.39 is 18.2 Å². The molecular formula is C18H39NO3. The van der Waals surface area contributed by atoms with Crippen LogP contribution in [0.15, 0.2) is 0 Å². The summed E-state index contributed by atoms with van der Waals surface area (Å²) in [6.07, 6.45) is 14.1. The van der Waals surface area contributed by atoms with Crippen molar-refractivity contribution in [2.24, 2.45) is 5.73 Å². The van der Waals surface area contributed by atoms with E-state index in [9.17, 15) is 10.2 Å². The molecule has 0 heterocycles. The van der Waals surface area contributed by atoms with Crippen molar-refractivity contribution >= 4 is 0 Å². The molecule has 0 bridgehead atoms. The third-order valence-corrected chi connectivity index (χ3v) is 4.40. The Labute approximate surface area is 137 Å². The molecule has 4 heteroatoms. The SMILES string of the molecule is CCCCCCCCCCCCCC[C@@H](O)[C@@H](O)C(N)CO. The molecule has 0 aromatic rings. The molecule has 0 amide bonds. The van der Waals surface area contributed by atoms with Crippen LogP contribution in [-0.4, -0.2) is 40.2 Å². The summed E-state index contributed by atoms with van der Waals surface area (Å²) in [4.78, 5) is 0. The van der Waals surface area contributed by atoms with E-state index >= 15 is 0 Å². The van der Waals surface area contributed by atoms with Gasteiger partial charge >= 0.3 is 0 Å². The molecule has 0 aliphatic heterocycles. The van der Waals surface area contributed by atoms with Crippen LogP contribution in [0, 0.1) is 0 Å². The zero-order valence-electron chi connectivity index (χ0n) is 14.6. The van der Waals surface area contributed by atoms with E-state index in [1.165, 1.54) is 64.2 Å². The van der Waals surface area contributed by atoms with Crippen molar-refractivity contribution < 1.29 is 15.3 Å². The normalized spacial score (nSPS) is 15.7. The van der Waals surface area contributed by atoms with Crippen molar-refractivity contribution in [3.8, 4) is 0 Å². The van der Waals surface area contributed by atoms with Gasteiger partial charge in [0.1, 0.15) is 0 Å². The van der Waals surface area contributed by atoms with Gasteiger partial charge in [0.05, 0.1) is 24.9 Å². The molecule has 0 radical (unpaired) electrons. The largest absolute Gasteiger partial charge is 0.395 e. The molecule has 1 unspecified atom stereocenters. The van der Waals surface area contributed by atoms with Gasteiger partial charge in [-0.25, -0.2) is 0 Å². The summed E-state index contributed by atoms with van der Waals surface area (Å²) in [5.74, 6) is 0. The lowest BCUT2D eigenvalue weighted by molar-refractivity contribution is -0.0121. The highest BCUT2D eigenvalue weighted by atomic mass is 16.3. The van der Waals surface area contributed by atoms with Crippen LogP contribution in [0.1, 0.15) is 90.4 Å². The fraction of sp³-hybridized carbons (Fsp3) is 1.00. The Balaban J connectivity index is 3.26. The number of hydrogen-bond acceptors (Lipinski definition) is 4. The molecule has 3 atom stereocenters. The van der Waals surface area contributed by atoms with Crippen LogP contribution in [-0.2, 0) is 0 Å². The zero-order valence-corrected chi connectivity index (χ0v) is 14.6. The van der Waals surface area contributed by atoms with Crippen molar-refractivity contribution in [1.82, 2.24) is 0 Å². The number of nitrogens with two attached hydrogens (primary N) is 1. The van der Waals surface area contributed by atoms with Gasteiger partial charge in [-0.1, -0.05) is 84.0 Å². The van der Waals surface area contributed by atoms with E-state index in [1.54, 1.807) is 0 Å². The maximum absolute atomic E-state index is 9.74. The van der Waals surface area contributed by atoms with Gasteiger partial charge in [0.15, 0.2) is 0 Å². The number of hydrogen-bond donors (Lipinski definition) is 4. The number of unbranched alkanes of at least 4 members (excludes halogenated alkanes) is 11. The van der Waals surface area contributed by atoms with Crippen molar-refractivity contribution in [2.45, 2.75) is 109 Å². The lowest BCUT2D eigenvalue weighted by Crippen LogP contribution is -2.45. The van der Waals surface area contributed by atoms with Gasteiger partial charge in [0.2, 0.25) is 0 Å². The second-order valence-corrected chi connectivity index (χ2v) is 6.58. The number of rotatable bonds is 16. The summed E-state index contributed by atoms with van der Waals surface area (Å²) < 4.78 is 0. The lowest BCUT2D eigenvalue weighted by atomic mass is 10.00. The fourth-order valence-corrected chi connectivity index (χ4v) is 2.76. The van der Waals surface area contributed by atoms with Crippen LogP contribution in [0.5, 0.6) is 0 Å². The van der Waals surface area contributed by atoms with E-state index in [0.717, 1.165) is 12.8 Å². The smallest absolute Gasteiger partial charge is 0.0971 e. The van der Waals surface area contributed by atoms with E-state index in [1.807, 2.05) is 0 Å². The first-order chi connectivity index (χ1) is 10.6. The Kier molecular flexibility index (Phi) is 15.6. The average molecular weight is 318 g/mol. The number of aliphatic hydroxyl groups is 3. The van der Waals surface area contributed by atoms with E-state index in [4.69, 9.17) is 10.8 Å². The Morgan fingerprint density at radius 1 is 0.727 bits per heavy atom. The summed E-state index contributed by atoms with van der Waals surface area (Å²) in [5, 5.41) is 28.2. The van der Waals surface area contributed by atoms with Gasteiger partial charge in [0, 0.05) is 0 Å². The Bertz CT molecular complexity index is 226. The molecule has 0 aliphatic carbocycles. The third kappa shape index (κ3) is 12.4. The molecule has 0 saturated carbocycles. The highest BCUT2D eigenvalue weighted by molar-refractivity contribution is 4.77. The van der Waals surface area contributed by atoms with Gasteiger partial charge in [-0.2, -0.15) is 0 Å². The van der Waals surface area contributed by atoms with Crippen molar-refractivity contribution in [3.63, 3.8) is 0 Å². The molecule has 0 aromatic carbocycles. The zero-order chi connectivity index (χ0) is 16.6. The molecule has 4 nitrogen and oxygen atoms in total. The summed E-state index contributed by atoms with van der Waals surface area (Å²) in [6.45, 7) is 1.96. The maximum Gasteiger partial charge on any atom is 0.0971 e. The highest BCUT2D eigenvalue weighted by Crippen LogP contribution is 2.14. The summed E-state index contributed by atoms with van der Waals surface area (Å²) in [6, 6.07) is -0.743. The van der Waals surface area contributed by atoms with Crippen LogP contribution in [0.4, 0.5) is 0 Å². The van der Waals surface area contributed by atoms with Crippen molar-refractivity contribution in [3.05, 3.63) is 0 Å². The minimum Gasteiger partial charge on any atom is -0.395 e.